The fourth-order valence-corrected chi connectivity index (χ4v) is 3.42. The van der Waals surface area contributed by atoms with Crippen LogP contribution in [0.25, 0.3) is 22.0 Å². The summed E-state index contributed by atoms with van der Waals surface area (Å²) in [5, 5.41) is 2.24. The highest BCUT2D eigenvalue weighted by Crippen LogP contribution is 2.31. The summed E-state index contributed by atoms with van der Waals surface area (Å²) >= 11 is 0. The molecule has 0 saturated heterocycles. The number of pyridine rings is 1. The maximum atomic E-state index is 8.41. The lowest BCUT2D eigenvalue weighted by Crippen LogP contribution is -2.30. The van der Waals surface area contributed by atoms with E-state index in [4.69, 9.17) is 2.74 Å². The van der Waals surface area contributed by atoms with E-state index in [-0.39, 0.29) is 5.92 Å². The predicted octanol–water partition coefficient (Wildman–Crippen LogP) is 5.46. The van der Waals surface area contributed by atoms with Gasteiger partial charge in [0.15, 0.2) is 6.20 Å². The number of aromatic nitrogens is 1. The van der Waals surface area contributed by atoms with E-state index in [1.807, 2.05) is 26.0 Å². The van der Waals surface area contributed by atoms with Gasteiger partial charge in [-0.25, -0.2) is 4.57 Å². The summed E-state index contributed by atoms with van der Waals surface area (Å²) in [7, 11) is 2.08. The minimum Gasteiger partial charge on any atom is -0.200 e. The first kappa shape index (κ1) is 14.2. The van der Waals surface area contributed by atoms with Gasteiger partial charge in [0.2, 0.25) is 5.69 Å². The molecular formula is C23H28N+. The number of nitrogens with zero attached hydrogens (tertiary/aromatic N) is 1. The molecule has 0 amide bonds. The molecule has 1 nitrogen and oxygen atoms in total. The van der Waals surface area contributed by atoms with E-state index < -0.39 is 6.37 Å². The number of aryl methyl sites for hydroxylation is 3. The standard InChI is InChI=1S/C23H28N/c1-15(2)11-19-7-8-21-20(14-19)9-10-24(6)23(21)22-13-16(3)12-17(4)18(22)5/h7-10,12-15H,11H2,1-6H3/q+1/i11D2. The zero-order valence-electron chi connectivity index (χ0n) is 17.6. The van der Waals surface area contributed by atoms with E-state index in [0.717, 1.165) is 16.3 Å². The molecule has 1 heteroatoms. The Hall–Kier alpha value is -2.15. The van der Waals surface area contributed by atoms with Crippen molar-refractivity contribution in [2.45, 2.75) is 41.0 Å². The van der Waals surface area contributed by atoms with Gasteiger partial charge in [0.05, 0.1) is 10.9 Å². The Morgan fingerprint density at radius 2 is 1.79 bits per heavy atom. The van der Waals surface area contributed by atoms with Crippen LogP contribution in [0.4, 0.5) is 0 Å². The summed E-state index contributed by atoms with van der Waals surface area (Å²) in [5.74, 6) is -0.0686. The SMILES string of the molecule is [2H]C([2H])(c1ccc2c(-c3cc(C)cc(C)c3C)[n+](C)ccc2c1)C(C)C. The largest absolute Gasteiger partial charge is 0.220 e. The third-order valence-corrected chi connectivity index (χ3v) is 4.66. The van der Waals surface area contributed by atoms with Crippen molar-refractivity contribution in [1.29, 1.82) is 0 Å². The van der Waals surface area contributed by atoms with Crippen molar-refractivity contribution in [3.8, 4) is 11.3 Å². The van der Waals surface area contributed by atoms with Crippen LogP contribution in [0.3, 0.4) is 0 Å². The molecule has 124 valence electrons. The fourth-order valence-electron chi connectivity index (χ4n) is 3.42. The molecule has 0 saturated carbocycles. The second-order valence-corrected chi connectivity index (χ2v) is 7.13. The van der Waals surface area contributed by atoms with Crippen molar-refractivity contribution in [2.24, 2.45) is 13.0 Å². The molecule has 2 aromatic carbocycles. The molecule has 0 spiro atoms. The van der Waals surface area contributed by atoms with Gasteiger partial charge in [-0.15, -0.1) is 0 Å². The summed E-state index contributed by atoms with van der Waals surface area (Å²) < 4.78 is 19.0. The van der Waals surface area contributed by atoms with Crippen molar-refractivity contribution in [3.63, 3.8) is 0 Å². The van der Waals surface area contributed by atoms with Gasteiger partial charge >= 0.3 is 0 Å². The Kier molecular flexibility index (Phi) is 3.79. The van der Waals surface area contributed by atoms with Crippen molar-refractivity contribution >= 4 is 10.8 Å². The van der Waals surface area contributed by atoms with Gasteiger partial charge in [0.25, 0.3) is 0 Å². The molecule has 0 atom stereocenters. The molecular weight excluding hydrogens is 290 g/mol. The fraction of sp³-hybridized carbons (Fsp3) is 0.348. The first-order valence-electron chi connectivity index (χ1n) is 9.64. The van der Waals surface area contributed by atoms with Gasteiger partial charge in [-0.3, -0.25) is 0 Å². The van der Waals surface area contributed by atoms with Crippen LogP contribution in [-0.2, 0) is 13.4 Å². The summed E-state index contributed by atoms with van der Waals surface area (Å²) in [5.41, 5.74) is 7.02. The van der Waals surface area contributed by atoms with Crippen molar-refractivity contribution in [1.82, 2.24) is 0 Å². The van der Waals surface area contributed by atoms with Gasteiger partial charge in [-0.1, -0.05) is 37.6 Å². The van der Waals surface area contributed by atoms with E-state index >= 15 is 0 Å². The van der Waals surface area contributed by atoms with Gasteiger partial charge in [0, 0.05) is 8.81 Å². The molecule has 3 rings (SSSR count). The Morgan fingerprint density at radius 3 is 2.50 bits per heavy atom. The van der Waals surface area contributed by atoms with Crippen LogP contribution in [-0.4, -0.2) is 0 Å². The number of hydrogen-bond acceptors (Lipinski definition) is 0. The molecule has 0 aliphatic rings. The summed E-state index contributed by atoms with van der Waals surface area (Å²) in [6, 6.07) is 12.6. The van der Waals surface area contributed by atoms with Gasteiger partial charge in [0.1, 0.15) is 7.05 Å². The third-order valence-electron chi connectivity index (χ3n) is 4.66. The van der Waals surface area contributed by atoms with Crippen LogP contribution in [0, 0.1) is 26.7 Å². The summed E-state index contributed by atoms with van der Waals surface area (Å²) in [6.07, 6.45) is 0.742. The lowest BCUT2D eigenvalue weighted by molar-refractivity contribution is -0.659. The molecule has 1 heterocycles. The minimum absolute atomic E-state index is 0.0686. The van der Waals surface area contributed by atoms with Crippen LogP contribution in [0.1, 0.15) is 38.8 Å². The van der Waals surface area contributed by atoms with E-state index in [2.05, 4.69) is 62.8 Å². The quantitative estimate of drug-likeness (QED) is 0.565. The van der Waals surface area contributed by atoms with E-state index in [1.54, 1.807) is 0 Å². The number of rotatable bonds is 3. The van der Waals surface area contributed by atoms with Crippen molar-refractivity contribution in [3.05, 3.63) is 64.8 Å². The maximum Gasteiger partial charge on any atom is 0.220 e. The number of hydrogen-bond donors (Lipinski definition) is 0. The summed E-state index contributed by atoms with van der Waals surface area (Å²) in [4.78, 5) is 0. The van der Waals surface area contributed by atoms with Gasteiger partial charge in [-0.2, -0.15) is 0 Å². The first-order chi connectivity index (χ1) is 12.1. The zero-order chi connectivity index (χ0) is 19.2. The highest BCUT2D eigenvalue weighted by molar-refractivity contribution is 5.94. The molecule has 1 aromatic heterocycles. The molecule has 0 N–H and O–H groups in total. The molecule has 24 heavy (non-hydrogen) atoms. The van der Waals surface area contributed by atoms with Crippen LogP contribution in [0.2, 0.25) is 0 Å². The highest BCUT2D eigenvalue weighted by Gasteiger charge is 2.18. The zero-order valence-corrected chi connectivity index (χ0v) is 15.6. The van der Waals surface area contributed by atoms with Crippen molar-refractivity contribution < 1.29 is 7.31 Å². The van der Waals surface area contributed by atoms with Crippen LogP contribution >= 0.6 is 0 Å². The summed E-state index contributed by atoms with van der Waals surface area (Å²) in [6.45, 7) is 10.3. The smallest absolute Gasteiger partial charge is 0.200 e. The van der Waals surface area contributed by atoms with Crippen molar-refractivity contribution in [2.75, 3.05) is 0 Å². The average Bonchev–Trinajstić information content (AvgIpc) is 2.57. The Balaban J connectivity index is 2.30. The molecule has 0 aliphatic heterocycles. The first-order valence-corrected chi connectivity index (χ1v) is 8.64. The topological polar surface area (TPSA) is 3.88 Å². The van der Waals surface area contributed by atoms with Gasteiger partial charge in [-0.05, 0) is 67.3 Å². The van der Waals surface area contributed by atoms with E-state index in [0.29, 0.717) is 0 Å². The lowest BCUT2D eigenvalue weighted by atomic mass is 9.93. The van der Waals surface area contributed by atoms with Crippen LogP contribution in [0.5, 0.6) is 0 Å². The normalized spacial score (nSPS) is 13.3. The van der Waals surface area contributed by atoms with Crippen LogP contribution in [0.15, 0.2) is 42.6 Å². The predicted molar refractivity (Wildman–Crippen MR) is 103 cm³/mol. The Morgan fingerprint density at radius 1 is 1.04 bits per heavy atom. The second-order valence-electron chi connectivity index (χ2n) is 7.13. The number of benzene rings is 2. The minimum atomic E-state index is -1.33. The van der Waals surface area contributed by atoms with E-state index in [1.165, 1.54) is 27.9 Å². The van der Waals surface area contributed by atoms with Gasteiger partial charge < -0.3 is 0 Å². The molecule has 0 aliphatic carbocycles. The van der Waals surface area contributed by atoms with E-state index in [9.17, 15) is 0 Å². The maximum absolute atomic E-state index is 8.41. The monoisotopic (exact) mass is 320 g/mol. The molecule has 0 fully saturated rings. The van der Waals surface area contributed by atoms with Crippen LogP contribution < -0.4 is 4.57 Å². The molecule has 0 radical (unpaired) electrons. The Bertz CT molecular complexity index is 987. The molecule has 0 bridgehead atoms. The highest BCUT2D eigenvalue weighted by atomic mass is 14.9. The molecule has 0 unspecified atom stereocenters. The second kappa shape index (κ2) is 6.39. The average molecular weight is 320 g/mol. The third kappa shape index (κ3) is 3.08. The Labute approximate surface area is 148 Å². The lowest BCUT2D eigenvalue weighted by Gasteiger charge is -2.12. The number of fused-ring (bicyclic) bond motifs is 1. The molecule has 3 aromatic rings.